The van der Waals surface area contributed by atoms with Crippen molar-refractivity contribution in [1.29, 1.82) is 0 Å². The first-order valence-corrected chi connectivity index (χ1v) is 7.37. The predicted molar refractivity (Wildman–Crippen MR) is 73.3 cm³/mol. The SMILES string of the molecule is NC1(C(=O)N2CCN(c3nccs3)CC2)CCOC1. The Hall–Kier alpha value is -1.18. The summed E-state index contributed by atoms with van der Waals surface area (Å²) in [5.41, 5.74) is 5.32. The third-order valence-electron chi connectivity index (χ3n) is 3.73. The van der Waals surface area contributed by atoms with E-state index >= 15 is 0 Å². The van der Waals surface area contributed by atoms with E-state index in [9.17, 15) is 4.79 Å². The molecule has 7 heteroatoms. The monoisotopic (exact) mass is 282 g/mol. The standard InChI is InChI=1S/C12H18N4O2S/c13-12(1-7-18-9-12)10(17)15-3-5-16(6-4-15)11-14-2-8-19-11/h2,8H,1,3-7,9,13H2. The minimum absolute atomic E-state index is 0.0313. The van der Waals surface area contributed by atoms with Crippen LogP contribution in [0, 0.1) is 0 Å². The highest BCUT2D eigenvalue weighted by Crippen LogP contribution is 2.22. The molecule has 2 aliphatic rings. The average molecular weight is 282 g/mol. The van der Waals surface area contributed by atoms with Crippen LogP contribution < -0.4 is 10.6 Å². The second-order valence-corrected chi connectivity index (χ2v) is 5.93. The van der Waals surface area contributed by atoms with Crippen LogP contribution in [0.4, 0.5) is 5.13 Å². The van der Waals surface area contributed by atoms with Gasteiger partial charge in [0.25, 0.3) is 0 Å². The van der Waals surface area contributed by atoms with Gasteiger partial charge in [-0.3, -0.25) is 4.79 Å². The van der Waals surface area contributed by atoms with Crippen LogP contribution in [-0.4, -0.2) is 60.7 Å². The number of carbonyl (C=O) groups excluding carboxylic acids is 1. The number of amides is 1. The number of nitrogens with zero attached hydrogens (tertiary/aromatic N) is 3. The molecule has 0 bridgehead atoms. The summed E-state index contributed by atoms with van der Waals surface area (Å²) in [5.74, 6) is 0.0313. The van der Waals surface area contributed by atoms with E-state index < -0.39 is 5.54 Å². The lowest BCUT2D eigenvalue weighted by molar-refractivity contribution is -0.137. The fraction of sp³-hybridized carbons (Fsp3) is 0.667. The van der Waals surface area contributed by atoms with Gasteiger partial charge in [0, 0.05) is 44.4 Å². The number of carbonyl (C=O) groups is 1. The van der Waals surface area contributed by atoms with Gasteiger partial charge in [-0.2, -0.15) is 0 Å². The summed E-state index contributed by atoms with van der Waals surface area (Å²) >= 11 is 1.63. The highest BCUT2D eigenvalue weighted by Gasteiger charge is 2.41. The molecule has 3 heterocycles. The average Bonchev–Trinajstić information content (AvgIpc) is 3.10. The number of piperazine rings is 1. The topological polar surface area (TPSA) is 71.7 Å². The quantitative estimate of drug-likeness (QED) is 0.821. The molecule has 2 N–H and O–H groups in total. The first-order valence-electron chi connectivity index (χ1n) is 6.49. The zero-order chi connectivity index (χ0) is 13.3. The van der Waals surface area contributed by atoms with E-state index in [0.717, 1.165) is 18.2 Å². The van der Waals surface area contributed by atoms with E-state index in [1.807, 2.05) is 16.5 Å². The maximum atomic E-state index is 12.4. The Morgan fingerprint density at radius 2 is 2.21 bits per heavy atom. The van der Waals surface area contributed by atoms with Gasteiger partial charge in [-0.05, 0) is 6.42 Å². The normalized spacial score (nSPS) is 27.8. The molecule has 2 aliphatic heterocycles. The fourth-order valence-corrected chi connectivity index (χ4v) is 3.23. The van der Waals surface area contributed by atoms with Crippen molar-refractivity contribution in [3.05, 3.63) is 11.6 Å². The molecule has 0 spiro atoms. The van der Waals surface area contributed by atoms with Crippen molar-refractivity contribution in [2.24, 2.45) is 5.73 Å². The van der Waals surface area contributed by atoms with Crippen molar-refractivity contribution in [2.75, 3.05) is 44.3 Å². The van der Waals surface area contributed by atoms with E-state index in [-0.39, 0.29) is 5.91 Å². The molecule has 6 nitrogen and oxygen atoms in total. The lowest BCUT2D eigenvalue weighted by Gasteiger charge is -2.37. The van der Waals surface area contributed by atoms with Gasteiger partial charge in [-0.15, -0.1) is 11.3 Å². The molecule has 0 aromatic carbocycles. The number of hydrogen-bond acceptors (Lipinski definition) is 6. The highest BCUT2D eigenvalue weighted by molar-refractivity contribution is 7.13. The van der Waals surface area contributed by atoms with Crippen molar-refractivity contribution in [1.82, 2.24) is 9.88 Å². The third kappa shape index (κ3) is 2.45. The van der Waals surface area contributed by atoms with Crippen LogP contribution in [0.1, 0.15) is 6.42 Å². The Morgan fingerprint density at radius 1 is 1.42 bits per heavy atom. The molecule has 1 aromatic heterocycles. The number of aromatic nitrogens is 1. The number of rotatable bonds is 2. The van der Waals surface area contributed by atoms with E-state index in [0.29, 0.717) is 32.7 Å². The van der Waals surface area contributed by atoms with Gasteiger partial charge in [0.1, 0.15) is 5.54 Å². The van der Waals surface area contributed by atoms with Crippen LogP contribution >= 0.6 is 11.3 Å². The van der Waals surface area contributed by atoms with Crippen LogP contribution in [0.15, 0.2) is 11.6 Å². The zero-order valence-electron chi connectivity index (χ0n) is 10.7. The Balaban J connectivity index is 1.59. The fourth-order valence-electron chi connectivity index (χ4n) is 2.54. The van der Waals surface area contributed by atoms with E-state index in [1.54, 1.807) is 11.3 Å². The van der Waals surface area contributed by atoms with Gasteiger partial charge < -0.3 is 20.3 Å². The van der Waals surface area contributed by atoms with Gasteiger partial charge in [0.2, 0.25) is 5.91 Å². The largest absolute Gasteiger partial charge is 0.379 e. The molecule has 1 aromatic rings. The van der Waals surface area contributed by atoms with Crippen molar-refractivity contribution >= 4 is 22.4 Å². The van der Waals surface area contributed by atoms with Crippen LogP contribution in [-0.2, 0) is 9.53 Å². The molecule has 1 unspecified atom stereocenters. The molecule has 1 amide bonds. The third-order valence-corrected chi connectivity index (χ3v) is 4.57. The van der Waals surface area contributed by atoms with Crippen molar-refractivity contribution in [3.63, 3.8) is 0 Å². The van der Waals surface area contributed by atoms with E-state index in [2.05, 4.69) is 9.88 Å². The van der Waals surface area contributed by atoms with Crippen molar-refractivity contribution in [2.45, 2.75) is 12.0 Å². The Morgan fingerprint density at radius 3 is 2.79 bits per heavy atom. The van der Waals surface area contributed by atoms with Gasteiger partial charge in [0.15, 0.2) is 5.13 Å². The zero-order valence-corrected chi connectivity index (χ0v) is 11.6. The predicted octanol–water partition coefficient (Wildman–Crippen LogP) is -0.0905. The number of thiazole rings is 1. The van der Waals surface area contributed by atoms with E-state index in [1.165, 1.54) is 0 Å². The van der Waals surface area contributed by atoms with Crippen LogP contribution in [0.2, 0.25) is 0 Å². The minimum atomic E-state index is -0.802. The summed E-state index contributed by atoms with van der Waals surface area (Å²) in [6, 6.07) is 0. The van der Waals surface area contributed by atoms with Gasteiger partial charge in [-0.25, -0.2) is 4.98 Å². The molecule has 1 atom stereocenters. The first-order chi connectivity index (χ1) is 9.19. The first kappa shape index (κ1) is 12.8. The molecule has 0 aliphatic carbocycles. The maximum Gasteiger partial charge on any atom is 0.245 e. The van der Waals surface area contributed by atoms with E-state index in [4.69, 9.17) is 10.5 Å². The molecule has 0 saturated carbocycles. The Kier molecular flexibility index (Phi) is 3.42. The molecule has 0 radical (unpaired) electrons. The molecule has 3 rings (SSSR count). The molecular weight excluding hydrogens is 264 g/mol. The summed E-state index contributed by atoms with van der Waals surface area (Å²) in [5, 5.41) is 3.00. The molecule has 104 valence electrons. The molecular formula is C12H18N4O2S. The Labute approximate surface area is 116 Å². The molecule has 2 fully saturated rings. The van der Waals surface area contributed by atoms with Crippen LogP contribution in [0.5, 0.6) is 0 Å². The maximum absolute atomic E-state index is 12.4. The lowest BCUT2D eigenvalue weighted by Crippen LogP contribution is -2.60. The Bertz CT molecular complexity index is 437. The summed E-state index contributed by atoms with van der Waals surface area (Å²) < 4.78 is 5.26. The smallest absolute Gasteiger partial charge is 0.245 e. The number of nitrogens with two attached hydrogens (primary N) is 1. The number of hydrogen-bond donors (Lipinski definition) is 1. The van der Waals surface area contributed by atoms with Gasteiger partial charge >= 0.3 is 0 Å². The highest BCUT2D eigenvalue weighted by atomic mass is 32.1. The number of anilines is 1. The summed E-state index contributed by atoms with van der Waals surface area (Å²) in [4.78, 5) is 20.8. The minimum Gasteiger partial charge on any atom is -0.379 e. The molecule has 2 saturated heterocycles. The lowest BCUT2D eigenvalue weighted by atomic mass is 9.98. The van der Waals surface area contributed by atoms with Crippen molar-refractivity contribution < 1.29 is 9.53 Å². The molecule has 19 heavy (non-hydrogen) atoms. The number of ether oxygens (including phenoxy) is 1. The van der Waals surface area contributed by atoms with Gasteiger partial charge in [-0.1, -0.05) is 0 Å². The van der Waals surface area contributed by atoms with Crippen LogP contribution in [0.25, 0.3) is 0 Å². The van der Waals surface area contributed by atoms with Crippen molar-refractivity contribution in [3.8, 4) is 0 Å². The van der Waals surface area contributed by atoms with Gasteiger partial charge in [0.05, 0.1) is 6.61 Å². The second-order valence-electron chi connectivity index (χ2n) is 5.05. The summed E-state index contributed by atoms with van der Waals surface area (Å²) in [7, 11) is 0. The summed E-state index contributed by atoms with van der Waals surface area (Å²) in [6.45, 7) is 3.97. The van der Waals surface area contributed by atoms with Crippen LogP contribution in [0.3, 0.4) is 0 Å². The second kappa shape index (κ2) is 5.07. The summed E-state index contributed by atoms with van der Waals surface area (Å²) in [6.07, 6.45) is 2.43.